The molecule has 0 saturated carbocycles. The highest BCUT2D eigenvalue weighted by Gasteiger charge is 2.32. The summed E-state index contributed by atoms with van der Waals surface area (Å²) in [5.41, 5.74) is 9.75. The number of fused-ring (bicyclic) bond motifs is 1. The first-order valence-corrected chi connectivity index (χ1v) is 7.97. The zero-order chi connectivity index (χ0) is 16.4. The highest BCUT2D eigenvalue weighted by Crippen LogP contribution is 2.30. The molecule has 126 valence electrons. The summed E-state index contributed by atoms with van der Waals surface area (Å²) in [5, 5.41) is 0. The molecule has 0 radical (unpaired) electrons. The van der Waals surface area contributed by atoms with Gasteiger partial charge in [-0.05, 0) is 43.4 Å². The number of carbonyl (C=O) groups excluding carboxylic acids is 1. The minimum atomic E-state index is -0.405. The third-order valence-corrected chi connectivity index (χ3v) is 4.30. The second kappa shape index (κ2) is 7.18. The molecular weight excluding hydrogens is 320 g/mol. The van der Waals surface area contributed by atoms with Gasteiger partial charge in [0, 0.05) is 0 Å². The van der Waals surface area contributed by atoms with E-state index in [1.54, 1.807) is 0 Å². The fourth-order valence-corrected chi connectivity index (χ4v) is 3.26. The van der Waals surface area contributed by atoms with Gasteiger partial charge in [-0.3, -0.25) is 9.79 Å². The van der Waals surface area contributed by atoms with Gasteiger partial charge in [-0.2, -0.15) is 0 Å². The van der Waals surface area contributed by atoms with Crippen molar-refractivity contribution in [1.29, 1.82) is 0 Å². The quantitative estimate of drug-likeness (QED) is 0.907. The van der Waals surface area contributed by atoms with Gasteiger partial charge < -0.3 is 5.73 Å². The molecule has 1 unspecified atom stereocenters. The molecule has 0 spiro atoms. The second-order valence-electron chi connectivity index (χ2n) is 6.79. The number of amides is 1. The van der Waals surface area contributed by atoms with Gasteiger partial charge in [0.1, 0.15) is 0 Å². The Balaban J connectivity index is 0.00000208. The molecule has 1 amide bonds. The maximum atomic E-state index is 12.2. The van der Waals surface area contributed by atoms with Crippen molar-refractivity contribution in [3.8, 4) is 0 Å². The van der Waals surface area contributed by atoms with Crippen molar-refractivity contribution in [3.63, 3.8) is 0 Å². The summed E-state index contributed by atoms with van der Waals surface area (Å²) in [6.45, 7) is 4.20. The van der Waals surface area contributed by atoms with E-state index in [-0.39, 0.29) is 23.9 Å². The first-order valence-electron chi connectivity index (χ1n) is 7.97. The predicted molar refractivity (Wildman–Crippen MR) is 101 cm³/mol. The van der Waals surface area contributed by atoms with Crippen LogP contribution < -0.4 is 5.73 Å². The van der Waals surface area contributed by atoms with Gasteiger partial charge in [0.15, 0.2) is 0 Å². The van der Waals surface area contributed by atoms with Crippen LogP contribution in [0.25, 0.3) is 0 Å². The summed E-state index contributed by atoms with van der Waals surface area (Å²) in [7, 11) is 0. The van der Waals surface area contributed by atoms with Crippen LogP contribution in [0.3, 0.4) is 0 Å². The summed E-state index contributed by atoms with van der Waals surface area (Å²) >= 11 is 0. The van der Waals surface area contributed by atoms with Crippen LogP contribution in [0.5, 0.6) is 0 Å². The monoisotopic (exact) mass is 342 g/mol. The summed E-state index contributed by atoms with van der Waals surface area (Å²) < 4.78 is 0. The Morgan fingerprint density at radius 2 is 1.75 bits per heavy atom. The van der Waals surface area contributed by atoms with Gasteiger partial charge in [-0.1, -0.05) is 54.6 Å². The number of nitrogens with zero attached hydrogens (tertiary/aromatic N) is 1. The van der Waals surface area contributed by atoms with Gasteiger partial charge >= 0.3 is 0 Å². The minimum absolute atomic E-state index is 0. The average molecular weight is 343 g/mol. The summed E-state index contributed by atoms with van der Waals surface area (Å²) in [6.07, 6.45) is 1.46. The van der Waals surface area contributed by atoms with Crippen molar-refractivity contribution in [2.45, 2.75) is 32.2 Å². The first kappa shape index (κ1) is 18.2. The van der Waals surface area contributed by atoms with Crippen LogP contribution in [0.2, 0.25) is 0 Å². The molecule has 1 aliphatic rings. The number of primary amides is 1. The molecule has 24 heavy (non-hydrogen) atoms. The topological polar surface area (TPSA) is 55.5 Å². The number of benzene rings is 2. The van der Waals surface area contributed by atoms with Crippen LogP contribution in [-0.4, -0.2) is 17.2 Å². The van der Waals surface area contributed by atoms with Crippen LogP contribution in [0.15, 0.2) is 59.6 Å². The van der Waals surface area contributed by atoms with Crippen LogP contribution in [0, 0.1) is 5.92 Å². The zero-order valence-corrected chi connectivity index (χ0v) is 14.8. The Labute approximate surface area is 149 Å². The molecule has 0 saturated heterocycles. The molecule has 0 fully saturated rings. The van der Waals surface area contributed by atoms with E-state index in [1.807, 2.05) is 48.5 Å². The SMILES string of the molecule is CC1(C)Cc2ccccc2C(C(Cc2ccccc2)C(N)=O)=N1.Cl. The first-order chi connectivity index (χ1) is 11.0. The molecule has 2 aromatic carbocycles. The highest BCUT2D eigenvalue weighted by molar-refractivity contribution is 6.14. The Hall–Kier alpha value is -2.13. The predicted octanol–water partition coefficient (Wildman–Crippen LogP) is 3.58. The normalized spacial score (nSPS) is 16.3. The summed E-state index contributed by atoms with van der Waals surface area (Å²) in [5.74, 6) is -0.724. The number of carbonyl (C=O) groups is 1. The van der Waals surface area contributed by atoms with Gasteiger partial charge in [-0.15, -0.1) is 12.4 Å². The van der Waals surface area contributed by atoms with Crippen LogP contribution in [0.1, 0.15) is 30.5 Å². The van der Waals surface area contributed by atoms with E-state index in [2.05, 4.69) is 19.9 Å². The Kier molecular flexibility index (Phi) is 5.45. The number of rotatable bonds is 4. The lowest BCUT2D eigenvalue weighted by Gasteiger charge is -2.31. The zero-order valence-electron chi connectivity index (χ0n) is 14.0. The fourth-order valence-electron chi connectivity index (χ4n) is 3.26. The summed E-state index contributed by atoms with van der Waals surface area (Å²) in [6, 6.07) is 18.2. The summed E-state index contributed by atoms with van der Waals surface area (Å²) in [4.78, 5) is 17.1. The van der Waals surface area contributed by atoms with Crippen LogP contribution in [0.4, 0.5) is 0 Å². The Bertz CT molecular complexity index is 753. The Morgan fingerprint density at radius 1 is 1.12 bits per heavy atom. The van der Waals surface area contributed by atoms with Crippen molar-refractivity contribution in [2.75, 3.05) is 0 Å². The maximum Gasteiger partial charge on any atom is 0.226 e. The van der Waals surface area contributed by atoms with E-state index in [0.29, 0.717) is 6.42 Å². The van der Waals surface area contributed by atoms with Crippen molar-refractivity contribution < 1.29 is 4.79 Å². The smallest absolute Gasteiger partial charge is 0.226 e. The highest BCUT2D eigenvalue weighted by atomic mass is 35.5. The lowest BCUT2D eigenvalue weighted by molar-refractivity contribution is -0.119. The molecule has 3 nitrogen and oxygen atoms in total. The van der Waals surface area contributed by atoms with Crippen molar-refractivity contribution in [3.05, 3.63) is 71.3 Å². The largest absolute Gasteiger partial charge is 0.369 e. The lowest BCUT2D eigenvalue weighted by atomic mass is 9.81. The number of halogens is 1. The third kappa shape index (κ3) is 3.85. The van der Waals surface area contributed by atoms with Crippen molar-refractivity contribution in [1.82, 2.24) is 0 Å². The molecule has 2 N–H and O–H groups in total. The third-order valence-electron chi connectivity index (χ3n) is 4.30. The Morgan fingerprint density at radius 3 is 2.42 bits per heavy atom. The van der Waals surface area contributed by atoms with Crippen molar-refractivity contribution in [2.24, 2.45) is 16.6 Å². The number of nitrogens with two attached hydrogens (primary N) is 1. The van der Waals surface area contributed by atoms with E-state index >= 15 is 0 Å². The van der Waals surface area contributed by atoms with Gasteiger partial charge in [0.2, 0.25) is 5.91 Å². The maximum absolute atomic E-state index is 12.2. The molecule has 0 aromatic heterocycles. The van der Waals surface area contributed by atoms with Gasteiger partial charge in [-0.25, -0.2) is 0 Å². The number of hydrogen-bond acceptors (Lipinski definition) is 2. The number of aliphatic imine (C=N–C) groups is 1. The van der Waals surface area contributed by atoms with Gasteiger partial charge in [0.25, 0.3) is 0 Å². The van der Waals surface area contributed by atoms with E-state index in [1.165, 1.54) is 5.56 Å². The van der Waals surface area contributed by atoms with Crippen LogP contribution in [-0.2, 0) is 17.6 Å². The van der Waals surface area contributed by atoms with E-state index in [9.17, 15) is 4.79 Å². The molecule has 2 aromatic rings. The van der Waals surface area contributed by atoms with E-state index < -0.39 is 5.92 Å². The molecule has 1 heterocycles. The fraction of sp³-hybridized carbons (Fsp3) is 0.300. The molecular formula is C20H23ClN2O. The van der Waals surface area contributed by atoms with E-state index in [4.69, 9.17) is 10.7 Å². The molecule has 1 aliphatic heterocycles. The lowest BCUT2D eigenvalue weighted by Crippen LogP contribution is -2.38. The van der Waals surface area contributed by atoms with E-state index in [0.717, 1.165) is 23.3 Å². The molecule has 1 atom stereocenters. The molecule has 4 heteroatoms. The number of hydrogen-bond donors (Lipinski definition) is 1. The standard InChI is InChI=1S/C20H22N2O.ClH/c1-20(2)13-15-10-6-7-11-16(15)18(22-20)17(19(21)23)12-14-8-4-3-5-9-14;/h3-11,17H,12-13H2,1-2H3,(H2,21,23);1H. The van der Waals surface area contributed by atoms with Crippen LogP contribution >= 0.6 is 12.4 Å². The molecule has 3 rings (SSSR count). The second-order valence-corrected chi connectivity index (χ2v) is 6.79. The molecule has 0 aliphatic carbocycles. The van der Waals surface area contributed by atoms with Crippen molar-refractivity contribution >= 4 is 24.0 Å². The van der Waals surface area contributed by atoms with Gasteiger partial charge in [0.05, 0.1) is 17.2 Å². The molecule has 0 bridgehead atoms. The average Bonchev–Trinajstić information content (AvgIpc) is 2.52. The minimum Gasteiger partial charge on any atom is -0.369 e.